The maximum Gasteiger partial charge on any atom is 0.253 e. The second kappa shape index (κ2) is 11.1. The summed E-state index contributed by atoms with van der Waals surface area (Å²) in [6, 6.07) is 15.3. The van der Waals surface area contributed by atoms with Gasteiger partial charge in [-0.3, -0.25) is 4.79 Å². The van der Waals surface area contributed by atoms with E-state index in [9.17, 15) is 13.2 Å². The molecule has 0 aliphatic carbocycles. The maximum atomic E-state index is 12.6. The van der Waals surface area contributed by atoms with Crippen LogP contribution in [0.25, 0.3) is 0 Å². The number of benzene rings is 2. The topological polar surface area (TPSA) is 120 Å². The molecule has 180 valence electrons. The Morgan fingerprint density at radius 3 is 2.15 bits per heavy atom. The molecule has 11 heteroatoms. The molecule has 1 heterocycles. The molecule has 0 aliphatic rings. The third kappa shape index (κ3) is 6.73. The highest BCUT2D eigenvalue weighted by Crippen LogP contribution is 2.22. The standard InChI is InChI=1S/C23H29N7O3S/c1-24-34(32,33)20-7-5-6-19(14-20)28-22-15-21(25-16-26-22)27-18-10-8-17(9-11-18)23(31)30(4)13-12-29(2)3/h5-11,14-16,24H,12-13H2,1-4H3,(H2,25,26,27,28). The molecule has 0 saturated carbocycles. The maximum absolute atomic E-state index is 12.6. The molecule has 0 radical (unpaired) electrons. The number of likely N-dealkylation sites (N-methyl/N-ethyl adjacent to an activating group) is 2. The molecule has 1 amide bonds. The summed E-state index contributed by atoms with van der Waals surface area (Å²) < 4.78 is 26.3. The molecule has 3 aromatic rings. The van der Waals surface area contributed by atoms with Crippen LogP contribution in [0.2, 0.25) is 0 Å². The van der Waals surface area contributed by atoms with Crippen LogP contribution in [0.3, 0.4) is 0 Å². The van der Waals surface area contributed by atoms with E-state index < -0.39 is 10.0 Å². The highest BCUT2D eigenvalue weighted by molar-refractivity contribution is 7.89. The van der Waals surface area contributed by atoms with Crippen LogP contribution in [0, 0.1) is 0 Å². The van der Waals surface area contributed by atoms with Gasteiger partial charge in [0.2, 0.25) is 10.0 Å². The van der Waals surface area contributed by atoms with Gasteiger partial charge in [0.1, 0.15) is 18.0 Å². The molecule has 2 aromatic carbocycles. The lowest BCUT2D eigenvalue weighted by atomic mass is 10.2. The summed E-state index contributed by atoms with van der Waals surface area (Å²) in [4.78, 5) is 24.9. The van der Waals surface area contributed by atoms with E-state index in [0.29, 0.717) is 29.4 Å². The van der Waals surface area contributed by atoms with Crippen molar-refractivity contribution in [3.63, 3.8) is 0 Å². The number of carbonyl (C=O) groups excluding carboxylic acids is 1. The van der Waals surface area contributed by atoms with Crippen LogP contribution in [0.1, 0.15) is 10.4 Å². The SMILES string of the molecule is CNS(=O)(=O)c1cccc(Nc2cc(Nc3ccc(C(=O)N(C)CCN(C)C)cc3)ncn2)c1. The summed E-state index contributed by atoms with van der Waals surface area (Å²) in [6.45, 7) is 1.44. The number of rotatable bonds is 10. The first-order chi connectivity index (χ1) is 16.2. The van der Waals surface area contributed by atoms with Crippen molar-refractivity contribution in [2.75, 3.05) is 51.9 Å². The molecule has 0 bridgehead atoms. The molecule has 3 N–H and O–H groups in total. The molecule has 0 aliphatic heterocycles. The number of aromatic nitrogens is 2. The number of amides is 1. The van der Waals surface area contributed by atoms with Gasteiger partial charge in [-0.25, -0.2) is 23.1 Å². The summed E-state index contributed by atoms with van der Waals surface area (Å²) in [5.41, 5.74) is 1.94. The molecule has 0 unspecified atom stereocenters. The highest BCUT2D eigenvalue weighted by Gasteiger charge is 2.13. The molecule has 0 saturated heterocycles. The Kier molecular flexibility index (Phi) is 8.16. The van der Waals surface area contributed by atoms with Crippen LogP contribution >= 0.6 is 0 Å². The molecule has 0 fully saturated rings. The lowest BCUT2D eigenvalue weighted by molar-refractivity contribution is 0.0786. The molecule has 3 rings (SSSR count). The van der Waals surface area contributed by atoms with Crippen molar-refractivity contribution in [1.82, 2.24) is 24.5 Å². The monoisotopic (exact) mass is 483 g/mol. The van der Waals surface area contributed by atoms with Gasteiger partial charge in [-0.05, 0) is 63.6 Å². The molecular weight excluding hydrogens is 454 g/mol. The Morgan fingerprint density at radius 1 is 0.882 bits per heavy atom. The second-order valence-electron chi connectivity index (χ2n) is 7.88. The van der Waals surface area contributed by atoms with Gasteiger partial charge in [-0.15, -0.1) is 0 Å². The highest BCUT2D eigenvalue weighted by atomic mass is 32.2. The molecule has 0 spiro atoms. The first-order valence-corrected chi connectivity index (χ1v) is 12.1. The van der Waals surface area contributed by atoms with Crippen molar-refractivity contribution in [2.45, 2.75) is 4.90 Å². The van der Waals surface area contributed by atoms with Crippen LogP contribution in [-0.2, 0) is 10.0 Å². The number of hydrogen-bond donors (Lipinski definition) is 3. The minimum absolute atomic E-state index is 0.0376. The fourth-order valence-corrected chi connectivity index (χ4v) is 3.79. The third-order valence-electron chi connectivity index (χ3n) is 4.99. The van der Waals surface area contributed by atoms with Crippen molar-refractivity contribution in [1.29, 1.82) is 0 Å². The van der Waals surface area contributed by atoms with Crippen LogP contribution in [0.4, 0.5) is 23.0 Å². The molecule has 1 aromatic heterocycles. The number of hydrogen-bond acceptors (Lipinski definition) is 8. The van der Waals surface area contributed by atoms with Crippen LogP contribution in [-0.4, -0.2) is 75.4 Å². The van der Waals surface area contributed by atoms with Gasteiger partial charge < -0.3 is 20.4 Å². The minimum Gasteiger partial charge on any atom is -0.340 e. The lowest BCUT2D eigenvalue weighted by Crippen LogP contribution is -2.33. The summed E-state index contributed by atoms with van der Waals surface area (Å²) in [7, 11) is 3.55. The minimum atomic E-state index is -3.55. The number of anilines is 4. The van der Waals surface area contributed by atoms with E-state index in [1.165, 1.54) is 25.5 Å². The van der Waals surface area contributed by atoms with E-state index in [1.807, 2.05) is 31.1 Å². The van der Waals surface area contributed by atoms with Gasteiger partial charge in [0.25, 0.3) is 5.91 Å². The molecule has 0 atom stereocenters. The smallest absolute Gasteiger partial charge is 0.253 e. The lowest BCUT2D eigenvalue weighted by Gasteiger charge is -2.19. The summed E-state index contributed by atoms with van der Waals surface area (Å²) in [6.07, 6.45) is 1.40. The first kappa shape index (κ1) is 25.1. The normalized spacial score (nSPS) is 11.3. The zero-order valence-corrected chi connectivity index (χ0v) is 20.4. The number of carbonyl (C=O) groups is 1. The summed E-state index contributed by atoms with van der Waals surface area (Å²) >= 11 is 0. The fourth-order valence-electron chi connectivity index (χ4n) is 3.02. The van der Waals surface area contributed by atoms with Gasteiger partial charge in [0, 0.05) is 43.1 Å². The average molecular weight is 484 g/mol. The van der Waals surface area contributed by atoms with Gasteiger partial charge in [0.05, 0.1) is 4.90 Å². The number of nitrogens with zero attached hydrogens (tertiary/aromatic N) is 4. The van der Waals surface area contributed by atoms with Gasteiger partial charge >= 0.3 is 0 Å². The Bertz CT molecular complexity index is 1230. The number of nitrogens with one attached hydrogen (secondary N) is 3. The number of sulfonamides is 1. The Balaban J connectivity index is 1.67. The van der Waals surface area contributed by atoms with Crippen molar-refractivity contribution in [3.8, 4) is 0 Å². The van der Waals surface area contributed by atoms with E-state index in [-0.39, 0.29) is 10.8 Å². The second-order valence-corrected chi connectivity index (χ2v) is 9.77. The van der Waals surface area contributed by atoms with Crippen molar-refractivity contribution in [3.05, 3.63) is 66.5 Å². The van der Waals surface area contributed by atoms with E-state index in [4.69, 9.17) is 0 Å². The Morgan fingerprint density at radius 2 is 1.53 bits per heavy atom. The quantitative estimate of drug-likeness (QED) is 0.402. The van der Waals surface area contributed by atoms with E-state index in [1.54, 1.807) is 42.3 Å². The van der Waals surface area contributed by atoms with Gasteiger partial charge in [-0.1, -0.05) is 6.07 Å². The predicted molar refractivity (Wildman–Crippen MR) is 133 cm³/mol. The van der Waals surface area contributed by atoms with Crippen LogP contribution in [0.15, 0.2) is 65.8 Å². The Labute approximate surface area is 200 Å². The van der Waals surface area contributed by atoms with Crippen LogP contribution in [0.5, 0.6) is 0 Å². The largest absolute Gasteiger partial charge is 0.340 e. The van der Waals surface area contributed by atoms with Gasteiger partial charge in [0.15, 0.2) is 0 Å². The molecule has 10 nitrogen and oxygen atoms in total. The van der Waals surface area contributed by atoms with E-state index in [0.717, 1.165) is 12.2 Å². The summed E-state index contributed by atoms with van der Waals surface area (Å²) in [5.74, 6) is 0.994. The zero-order valence-electron chi connectivity index (χ0n) is 19.6. The van der Waals surface area contributed by atoms with Crippen molar-refractivity contribution < 1.29 is 13.2 Å². The fraction of sp³-hybridized carbons (Fsp3) is 0.261. The zero-order chi connectivity index (χ0) is 24.7. The molecular formula is C23H29N7O3S. The average Bonchev–Trinajstić information content (AvgIpc) is 2.83. The van der Waals surface area contributed by atoms with Crippen molar-refractivity contribution >= 4 is 38.9 Å². The predicted octanol–water partition coefficient (Wildman–Crippen LogP) is 2.51. The van der Waals surface area contributed by atoms with E-state index >= 15 is 0 Å². The third-order valence-corrected chi connectivity index (χ3v) is 6.40. The van der Waals surface area contributed by atoms with E-state index in [2.05, 4.69) is 25.3 Å². The van der Waals surface area contributed by atoms with Gasteiger partial charge in [-0.2, -0.15) is 0 Å². The summed E-state index contributed by atoms with van der Waals surface area (Å²) in [5, 5.41) is 6.27. The van der Waals surface area contributed by atoms with Crippen LogP contribution < -0.4 is 15.4 Å². The molecule has 34 heavy (non-hydrogen) atoms. The Hall–Kier alpha value is -3.54. The first-order valence-electron chi connectivity index (χ1n) is 10.6. The van der Waals surface area contributed by atoms with Crippen molar-refractivity contribution in [2.24, 2.45) is 0 Å².